The Kier molecular flexibility index (Phi) is 4.40. The molecule has 0 fully saturated rings. The Hall–Kier alpha value is -2.30. The Bertz CT molecular complexity index is 586. The minimum absolute atomic E-state index is 0.623. The lowest BCUT2D eigenvalue weighted by atomic mass is 10.2. The fraction of sp³-hybridized carbons (Fsp3) is 0.333. The molecule has 0 unspecified atom stereocenters. The van der Waals surface area contributed by atoms with E-state index in [0.29, 0.717) is 5.95 Å². The van der Waals surface area contributed by atoms with Crippen LogP contribution in [0.4, 0.5) is 11.8 Å². The van der Waals surface area contributed by atoms with E-state index in [4.69, 9.17) is 4.74 Å². The van der Waals surface area contributed by atoms with Gasteiger partial charge in [-0.3, -0.25) is 0 Å². The van der Waals surface area contributed by atoms with E-state index in [0.717, 1.165) is 29.2 Å². The number of ether oxygens (including phenoxy) is 1. The zero-order valence-corrected chi connectivity index (χ0v) is 12.3. The zero-order valence-electron chi connectivity index (χ0n) is 12.3. The van der Waals surface area contributed by atoms with Crippen molar-refractivity contribution in [1.82, 2.24) is 9.97 Å². The molecule has 1 aromatic carbocycles. The summed E-state index contributed by atoms with van der Waals surface area (Å²) in [5, 5.41) is 2.96. The molecule has 0 aliphatic rings. The Morgan fingerprint density at radius 3 is 2.75 bits per heavy atom. The third-order valence-electron chi connectivity index (χ3n) is 3.13. The number of hydrogen-bond acceptors (Lipinski definition) is 5. The number of nitrogens with one attached hydrogen (secondary N) is 1. The van der Waals surface area contributed by atoms with Crippen LogP contribution in [0, 0.1) is 6.92 Å². The maximum absolute atomic E-state index is 5.39. The molecular formula is C15H20N4O. The number of aryl methyl sites for hydroxylation is 1. The molecule has 0 atom stereocenters. The molecule has 1 aromatic heterocycles. The standard InChI is InChI=1S/C15H20N4O/c1-11-9-17-15(16-2)18-14(11)19(3)10-12-7-5-6-8-13(12)20-4/h5-9H,10H2,1-4H3,(H,16,17,18). The lowest BCUT2D eigenvalue weighted by Crippen LogP contribution is -2.20. The Labute approximate surface area is 119 Å². The number of rotatable bonds is 5. The summed E-state index contributed by atoms with van der Waals surface area (Å²) in [5.41, 5.74) is 2.17. The van der Waals surface area contributed by atoms with Crippen LogP contribution in [0.3, 0.4) is 0 Å². The Morgan fingerprint density at radius 1 is 1.30 bits per heavy atom. The van der Waals surface area contributed by atoms with E-state index in [1.165, 1.54) is 0 Å². The van der Waals surface area contributed by atoms with Gasteiger partial charge in [0.25, 0.3) is 0 Å². The molecule has 0 bridgehead atoms. The molecule has 0 saturated carbocycles. The van der Waals surface area contributed by atoms with Crippen LogP contribution < -0.4 is 15.0 Å². The highest BCUT2D eigenvalue weighted by molar-refractivity contribution is 5.49. The first kappa shape index (κ1) is 14.1. The van der Waals surface area contributed by atoms with Crippen molar-refractivity contribution in [2.45, 2.75) is 13.5 Å². The molecule has 5 heteroatoms. The van der Waals surface area contributed by atoms with E-state index in [-0.39, 0.29) is 0 Å². The number of benzene rings is 1. The van der Waals surface area contributed by atoms with Gasteiger partial charge < -0.3 is 15.0 Å². The molecule has 5 nitrogen and oxygen atoms in total. The molecule has 0 spiro atoms. The number of anilines is 2. The predicted molar refractivity (Wildman–Crippen MR) is 81.4 cm³/mol. The molecule has 1 N–H and O–H groups in total. The molecule has 2 rings (SSSR count). The van der Waals surface area contributed by atoms with Crippen molar-refractivity contribution in [1.29, 1.82) is 0 Å². The van der Waals surface area contributed by atoms with Gasteiger partial charge in [0.2, 0.25) is 5.95 Å². The largest absolute Gasteiger partial charge is 0.496 e. The predicted octanol–water partition coefficient (Wildman–Crippen LogP) is 2.47. The van der Waals surface area contributed by atoms with Crippen LogP contribution in [0.1, 0.15) is 11.1 Å². The van der Waals surface area contributed by atoms with Crippen LogP contribution in [0.15, 0.2) is 30.5 Å². The van der Waals surface area contributed by atoms with Gasteiger partial charge in [0.15, 0.2) is 0 Å². The number of nitrogens with zero attached hydrogens (tertiary/aromatic N) is 3. The number of aromatic nitrogens is 2. The van der Waals surface area contributed by atoms with E-state index in [2.05, 4.69) is 26.3 Å². The fourth-order valence-electron chi connectivity index (χ4n) is 2.10. The highest BCUT2D eigenvalue weighted by atomic mass is 16.5. The minimum atomic E-state index is 0.623. The van der Waals surface area contributed by atoms with Gasteiger partial charge in [0.05, 0.1) is 7.11 Å². The molecular weight excluding hydrogens is 252 g/mol. The molecule has 0 aliphatic carbocycles. The van der Waals surface area contributed by atoms with Crippen LogP contribution in [0.2, 0.25) is 0 Å². The van der Waals surface area contributed by atoms with Gasteiger partial charge in [-0.2, -0.15) is 4.98 Å². The van der Waals surface area contributed by atoms with E-state index in [9.17, 15) is 0 Å². The van der Waals surface area contributed by atoms with Gasteiger partial charge in [-0.25, -0.2) is 4.98 Å². The van der Waals surface area contributed by atoms with Crippen molar-refractivity contribution in [3.8, 4) is 5.75 Å². The normalized spacial score (nSPS) is 10.2. The lowest BCUT2D eigenvalue weighted by Gasteiger charge is -2.21. The molecule has 0 saturated heterocycles. The molecule has 1 heterocycles. The third-order valence-corrected chi connectivity index (χ3v) is 3.13. The molecule has 0 amide bonds. The van der Waals surface area contributed by atoms with Crippen molar-refractivity contribution in [3.63, 3.8) is 0 Å². The van der Waals surface area contributed by atoms with E-state index in [1.807, 2.05) is 45.4 Å². The van der Waals surface area contributed by atoms with Gasteiger partial charge in [0.1, 0.15) is 11.6 Å². The first-order valence-corrected chi connectivity index (χ1v) is 6.50. The van der Waals surface area contributed by atoms with Crippen LogP contribution in [-0.2, 0) is 6.54 Å². The van der Waals surface area contributed by atoms with Crippen molar-refractivity contribution < 1.29 is 4.74 Å². The van der Waals surface area contributed by atoms with E-state index >= 15 is 0 Å². The Morgan fingerprint density at radius 2 is 2.05 bits per heavy atom. The third kappa shape index (κ3) is 2.99. The average Bonchev–Trinajstić information content (AvgIpc) is 2.48. The minimum Gasteiger partial charge on any atom is -0.496 e. The summed E-state index contributed by atoms with van der Waals surface area (Å²) < 4.78 is 5.39. The molecule has 0 aliphatic heterocycles. The highest BCUT2D eigenvalue weighted by Gasteiger charge is 2.11. The second kappa shape index (κ2) is 6.23. The summed E-state index contributed by atoms with van der Waals surface area (Å²) in [6.45, 7) is 2.73. The number of para-hydroxylation sites is 1. The zero-order chi connectivity index (χ0) is 14.5. The summed E-state index contributed by atoms with van der Waals surface area (Å²) in [5.74, 6) is 2.42. The second-order valence-corrected chi connectivity index (χ2v) is 4.62. The highest BCUT2D eigenvalue weighted by Crippen LogP contribution is 2.23. The van der Waals surface area contributed by atoms with Crippen LogP contribution in [-0.4, -0.2) is 31.2 Å². The van der Waals surface area contributed by atoms with E-state index in [1.54, 1.807) is 7.11 Å². The van der Waals surface area contributed by atoms with Gasteiger partial charge in [-0.05, 0) is 13.0 Å². The molecule has 2 aromatic rings. The topological polar surface area (TPSA) is 50.3 Å². The average molecular weight is 272 g/mol. The maximum atomic E-state index is 5.39. The smallest absolute Gasteiger partial charge is 0.224 e. The van der Waals surface area contributed by atoms with Gasteiger partial charge in [-0.1, -0.05) is 18.2 Å². The summed E-state index contributed by atoms with van der Waals surface area (Å²) in [6.07, 6.45) is 1.83. The van der Waals surface area contributed by atoms with E-state index < -0.39 is 0 Å². The van der Waals surface area contributed by atoms with Crippen LogP contribution >= 0.6 is 0 Å². The van der Waals surface area contributed by atoms with Gasteiger partial charge in [-0.15, -0.1) is 0 Å². The van der Waals surface area contributed by atoms with Crippen molar-refractivity contribution >= 4 is 11.8 Å². The first-order valence-electron chi connectivity index (χ1n) is 6.50. The van der Waals surface area contributed by atoms with Gasteiger partial charge in [0, 0.05) is 38.0 Å². The monoisotopic (exact) mass is 272 g/mol. The van der Waals surface area contributed by atoms with Gasteiger partial charge >= 0.3 is 0 Å². The fourth-order valence-corrected chi connectivity index (χ4v) is 2.10. The van der Waals surface area contributed by atoms with Crippen LogP contribution in [0.5, 0.6) is 5.75 Å². The second-order valence-electron chi connectivity index (χ2n) is 4.62. The summed E-state index contributed by atoms with van der Waals surface area (Å²) >= 11 is 0. The number of methoxy groups -OCH3 is 1. The molecule has 106 valence electrons. The Balaban J connectivity index is 2.25. The number of hydrogen-bond donors (Lipinski definition) is 1. The summed E-state index contributed by atoms with van der Waals surface area (Å²) in [7, 11) is 5.52. The van der Waals surface area contributed by atoms with Crippen molar-refractivity contribution in [3.05, 3.63) is 41.6 Å². The quantitative estimate of drug-likeness (QED) is 0.906. The summed E-state index contributed by atoms with van der Waals surface area (Å²) in [6, 6.07) is 8.01. The molecule has 0 radical (unpaired) electrons. The van der Waals surface area contributed by atoms with Crippen LogP contribution in [0.25, 0.3) is 0 Å². The maximum Gasteiger partial charge on any atom is 0.224 e. The first-order chi connectivity index (χ1) is 9.65. The van der Waals surface area contributed by atoms with Crippen molar-refractivity contribution in [2.75, 3.05) is 31.4 Å². The molecule has 20 heavy (non-hydrogen) atoms. The SMILES string of the molecule is CNc1ncc(C)c(N(C)Cc2ccccc2OC)n1. The van der Waals surface area contributed by atoms with Crippen molar-refractivity contribution in [2.24, 2.45) is 0 Å². The summed E-state index contributed by atoms with van der Waals surface area (Å²) in [4.78, 5) is 10.8. The lowest BCUT2D eigenvalue weighted by molar-refractivity contribution is 0.409.